The van der Waals surface area contributed by atoms with Crippen LogP contribution in [0.3, 0.4) is 0 Å². The number of aromatic nitrogens is 1. The number of rotatable bonds is 4. The van der Waals surface area contributed by atoms with Gasteiger partial charge in [0.05, 0.1) is 12.2 Å². The number of benzene rings is 2. The fraction of sp³-hybridized carbons (Fsp3) is 0.174. The van der Waals surface area contributed by atoms with Gasteiger partial charge in [0.25, 0.3) is 5.91 Å². The summed E-state index contributed by atoms with van der Waals surface area (Å²) in [5.41, 5.74) is 5.35. The Morgan fingerprint density at radius 1 is 1.00 bits per heavy atom. The van der Waals surface area contributed by atoms with Gasteiger partial charge in [0.15, 0.2) is 0 Å². The van der Waals surface area contributed by atoms with Crippen LogP contribution in [0.1, 0.15) is 32.7 Å². The first kappa shape index (κ1) is 20.6. The third-order valence-corrected chi connectivity index (χ3v) is 4.80. The summed E-state index contributed by atoms with van der Waals surface area (Å²) >= 11 is 6.05. The average molecular weight is 407 g/mol. The van der Waals surface area contributed by atoms with Crippen molar-refractivity contribution in [2.45, 2.75) is 27.3 Å². The maximum absolute atomic E-state index is 12.8. The van der Waals surface area contributed by atoms with Crippen LogP contribution in [-0.4, -0.2) is 16.9 Å². The minimum absolute atomic E-state index is 0.230. The van der Waals surface area contributed by atoms with Gasteiger partial charge in [-0.2, -0.15) is 0 Å². The summed E-state index contributed by atoms with van der Waals surface area (Å²) in [7, 11) is 0. The molecule has 0 aliphatic rings. The Morgan fingerprint density at radius 3 is 2.52 bits per heavy atom. The number of carbonyl (C=O) groups is 1. The highest BCUT2D eigenvalue weighted by Crippen LogP contribution is 2.19. The molecular weight excluding hydrogens is 384 g/mol. The van der Waals surface area contributed by atoms with E-state index in [1.165, 1.54) is 0 Å². The molecule has 1 aromatic heterocycles. The van der Waals surface area contributed by atoms with Crippen LogP contribution in [0.2, 0.25) is 5.02 Å². The Hall–Kier alpha value is -3.18. The number of aliphatic imine (C=N–C) groups is 1. The zero-order valence-electron chi connectivity index (χ0n) is 16.7. The van der Waals surface area contributed by atoms with E-state index in [0.29, 0.717) is 23.1 Å². The van der Waals surface area contributed by atoms with Gasteiger partial charge in [-0.1, -0.05) is 23.7 Å². The number of halogens is 1. The van der Waals surface area contributed by atoms with Crippen molar-refractivity contribution in [1.82, 2.24) is 10.3 Å². The molecule has 0 aliphatic carbocycles. The number of hydrogen-bond acceptors (Lipinski definition) is 3. The van der Waals surface area contributed by atoms with Crippen molar-refractivity contribution in [2.24, 2.45) is 4.99 Å². The fourth-order valence-corrected chi connectivity index (χ4v) is 2.95. The number of carbonyl (C=O) groups excluding carboxylic acids is 1. The molecule has 0 aliphatic heterocycles. The summed E-state index contributed by atoms with van der Waals surface area (Å²) < 4.78 is 0. The highest BCUT2D eigenvalue weighted by molar-refractivity contribution is 6.30. The maximum atomic E-state index is 12.8. The van der Waals surface area contributed by atoms with Gasteiger partial charge in [0.2, 0.25) is 5.96 Å². The molecule has 148 valence electrons. The maximum Gasteiger partial charge on any atom is 0.257 e. The Balaban J connectivity index is 1.84. The lowest BCUT2D eigenvalue weighted by Gasteiger charge is -2.14. The third-order valence-electron chi connectivity index (χ3n) is 4.57. The van der Waals surface area contributed by atoms with Crippen molar-refractivity contribution in [3.05, 3.63) is 93.8 Å². The van der Waals surface area contributed by atoms with Crippen LogP contribution >= 0.6 is 11.6 Å². The van der Waals surface area contributed by atoms with E-state index in [2.05, 4.69) is 20.6 Å². The van der Waals surface area contributed by atoms with E-state index in [0.717, 1.165) is 28.1 Å². The molecule has 2 aromatic carbocycles. The lowest BCUT2D eigenvalue weighted by Crippen LogP contribution is -2.36. The van der Waals surface area contributed by atoms with Crippen LogP contribution in [-0.2, 0) is 6.54 Å². The number of guanidine groups is 1. The first-order chi connectivity index (χ1) is 13.9. The van der Waals surface area contributed by atoms with Crippen LogP contribution in [0.25, 0.3) is 0 Å². The van der Waals surface area contributed by atoms with Crippen molar-refractivity contribution in [3.8, 4) is 0 Å². The Morgan fingerprint density at radius 2 is 1.83 bits per heavy atom. The SMILES string of the molecule is Cc1ccc(C(=O)NC(=NCc2ccccn2)Nc2ccc(Cl)cc2C)cc1C. The minimum Gasteiger partial charge on any atom is -0.326 e. The van der Waals surface area contributed by atoms with E-state index >= 15 is 0 Å². The van der Waals surface area contributed by atoms with Gasteiger partial charge < -0.3 is 5.32 Å². The van der Waals surface area contributed by atoms with E-state index in [1.54, 1.807) is 12.3 Å². The van der Waals surface area contributed by atoms with Crippen molar-refractivity contribution >= 4 is 29.2 Å². The fourth-order valence-electron chi connectivity index (χ4n) is 2.72. The molecule has 6 heteroatoms. The monoisotopic (exact) mass is 406 g/mol. The number of amides is 1. The quantitative estimate of drug-likeness (QED) is 0.470. The molecule has 0 saturated heterocycles. The van der Waals surface area contributed by atoms with Crippen LogP contribution < -0.4 is 10.6 Å². The van der Waals surface area contributed by atoms with Crippen LogP contribution in [0, 0.1) is 20.8 Å². The number of anilines is 1. The van der Waals surface area contributed by atoms with Gasteiger partial charge in [0, 0.05) is 22.5 Å². The Labute approximate surface area is 175 Å². The number of hydrogen-bond donors (Lipinski definition) is 2. The van der Waals surface area contributed by atoms with Crippen molar-refractivity contribution in [2.75, 3.05) is 5.32 Å². The molecule has 1 heterocycles. The summed E-state index contributed by atoms with van der Waals surface area (Å²) in [4.78, 5) is 21.6. The van der Waals surface area contributed by atoms with Crippen molar-refractivity contribution in [3.63, 3.8) is 0 Å². The van der Waals surface area contributed by atoms with Gasteiger partial charge >= 0.3 is 0 Å². The van der Waals surface area contributed by atoms with E-state index in [4.69, 9.17) is 11.6 Å². The molecule has 0 fully saturated rings. The molecule has 0 bridgehead atoms. The second-order valence-electron chi connectivity index (χ2n) is 6.82. The number of aryl methyl sites for hydroxylation is 3. The van der Waals surface area contributed by atoms with E-state index in [1.807, 2.05) is 69.3 Å². The predicted molar refractivity (Wildman–Crippen MR) is 119 cm³/mol. The van der Waals surface area contributed by atoms with Gasteiger partial charge in [-0.15, -0.1) is 0 Å². The summed E-state index contributed by atoms with van der Waals surface area (Å²) in [6, 6.07) is 16.8. The van der Waals surface area contributed by atoms with Gasteiger partial charge in [-0.25, -0.2) is 4.99 Å². The van der Waals surface area contributed by atoms with Crippen LogP contribution in [0.15, 0.2) is 65.8 Å². The lowest BCUT2D eigenvalue weighted by molar-refractivity contribution is 0.0977. The second kappa shape index (κ2) is 9.34. The predicted octanol–water partition coefficient (Wildman–Crippen LogP) is 5.06. The van der Waals surface area contributed by atoms with Gasteiger partial charge in [-0.05, 0) is 79.9 Å². The molecular formula is C23H23ClN4O. The summed E-state index contributed by atoms with van der Waals surface area (Å²) in [6.45, 7) is 6.28. The van der Waals surface area contributed by atoms with Crippen molar-refractivity contribution < 1.29 is 4.79 Å². The normalized spacial score (nSPS) is 11.2. The van der Waals surface area contributed by atoms with E-state index < -0.39 is 0 Å². The molecule has 0 spiro atoms. The standard InChI is InChI=1S/C23H23ClN4O/c1-15-7-8-18(12-16(15)2)22(29)28-23(26-14-20-6-4-5-11-25-20)27-21-10-9-19(24)13-17(21)3/h4-13H,14H2,1-3H3,(H2,26,27,28,29). The largest absolute Gasteiger partial charge is 0.326 e. The van der Waals surface area contributed by atoms with Gasteiger partial charge in [-0.3, -0.25) is 15.1 Å². The number of nitrogens with one attached hydrogen (secondary N) is 2. The molecule has 5 nitrogen and oxygen atoms in total. The molecule has 2 N–H and O–H groups in total. The third kappa shape index (κ3) is 5.65. The Kier molecular flexibility index (Phi) is 6.62. The smallest absolute Gasteiger partial charge is 0.257 e. The number of pyridine rings is 1. The van der Waals surface area contributed by atoms with Crippen LogP contribution in [0.4, 0.5) is 5.69 Å². The van der Waals surface area contributed by atoms with Gasteiger partial charge in [0.1, 0.15) is 0 Å². The molecule has 29 heavy (non-hydrogen) atoms. The zero-order chi connectivity index (χ0) is 20.8. The topological polar surface area (TPSA) is 66.4 Å². The molecule has 0 saturated carbocycles. The first-order valence-electron chi connectivity index (χ1n) is 9.28. The van der Waals surface area contributed by atoms with E-state index in [9.17, 15) is 4.79 Å². The van der Waals surface area contributed by atoms with Crippen molar-refractivity contribution in [1.29, 1.82) is 0 Å². The first-order valence-corrected chi connectivity index (χ1v) is 9.66. The molecule has 3 rings (SSSR count). The summed E-state index contributed by atoms with van der Waals surface area (Å²) in [6.07, 6.45) is 1.72. The lowest BCUT2D eigenvalue weighted by atomic mass is 10.1. The molecule has 0 radical (unpaired) electrons. The molecule has 0 unspecified atom stereocenters. The molecule has 0 atom stereocenters. The second-order valence-corrected chi connectivity index (χ2v) is 7.26. The Bertz CT molecular complexity index is 1050. The average Bonchev–Trinajstić information content (AvgIpc) is 2.71. The van der Waals surface area contributed by atoms with E-state index in [-0.39, 0.29) is 5.91 Å². The molecule has 1 amide bonds. The summed E-state index contributed by atoms with van der Waals surface area (Å²) in [5.74, 6) is 0.122. The highest BCUT2D eigenvalue weighted by Gasteiger charge is 2.11. The summed E-state index contributed by atoms with van der Waals surface area (Å²) in [5, 5.41) is 6.73. The minimum atomic E-state index is -0.230. The zero-order valence-corrected chi connectivity index (χ0v) is 17.4. The molecule has 3 aromatic rings. The highest BCUT2D eigenvalue weighted by atomic mass is 35.5. The number of nitrogens with zero attached hydrogens (tertiary/aromatic N) is 2. The van der Waals surface area contributed by atoms with Crippen LogP contribution in [0.5, 0.6) is 0 Å².